The summed E-state index contributed by atoms with van der Waals surface area (Å²) in [4.78, 5) is 48.5. The number of aromatic amines is 1. The molecule has 2 fully saturated rings. The number of ether oxygens (including phenoxy) is 1. The van der Waals surface area contributed by atoms with Crippen molar-refractivity contribution >= 4 is 11.7 Å². The van der Waals surface area contributed by atoms with E-state index in [2.05, 4.69) is 15.0 Å². The zero-order chi connectivity index (χ0) is 26.2. The molecule has 2 N–H and O–H groups in total. The number of nitrogens with zero attached hydrogens (tertiary/aromatic N) is 4. The van der Waals surface area contributed by atoms with E-state index in [0.717, 1.165) is 23.6 Å². The number of benzene rings is 1. The van der Waals surface area contributed by atoms with E-state index in [1.54, 1.807) is 24.3 Å². The molecule has 1 atom stereocenters. The number of aliphatic carboxylic acids is 1. The first-order valence-corrected chi connectivity index (χ1v) is 12.3. The highest BCUT2D eigenvalue weighted by Crippen LogP contribution is 2.58. The van der Waals surface area contributed by atoms with Gasteiger partial charge in [-0.25, -0.2) is 28.5 Å². The molecule has 2 aliphatic rings. The molecular formula is C26H28FN5O5. The molecule has 1 spiro atoms. The van der Waals surface area contributed by atoms with Crippen LogP contribution in [-0.4, -0.2) is 30.2 Å². The lowest BCUT2D eigenvalue weighted by Crippen LogP contribution is -2.53. The second-order valence-corrected chi connectivity index (χ2v) is 10.1. The van der Waals surface area contributed by atoms with Gasteiger partial charge in [0.05, 0.1) is 17.8 Å². The summed E-state index contributed by atoms with van der Waals surface area (Å²) in [5, 5.41) is 9.27. The molecule has 2 aromatic heterocycles. The number of carboxylic acid groups (broad SMARTS) is 1. The molecule has 11 heteroatoms. The molecule has 2 heterocycles. The molecule has 194 valence electrons. The quantitative estimate of drug-likeness (QED) is 0.479. The molecule has 0 bridgehead atoms. The predicted molar refractivity (Wildman–Crippen MR) is 131 cm³/mol. The number of hydrogen-bond acceptors (Lipinski definition) is 6. The minimum Gasteiger partial charge on any atom is -0.481 e. The molecule has 10 nitrogen and oxygen atoms in total. The summed E-state index contributed by atoms with van der Waals surface area (Å²) in [6.07, 6.45) is 6.82. The van der Waals surface area contributed by atoms with E-state index < -0.39 is 29.1 Å². The summed E-state index contributed by atoms with van der Waals surface area (Å²) in [5.74, 6) is -1.47. The zero-order valence-electron chi connectivity index (χ0n) is 20.4. The van der Waals surface area contributed by atoms with Crippen molar-refractivity contribution < 1.29 is 19.0 Å². The van der Waals surface area contributed by atoms with Crippen LogP contribution >= 0.6 is 0 Å². The average molecular weight is 510 g/mol. The Labute approximate surface area is 211 Å². The van der Waals surface area contributed by atoms with Gasteiger partial charge in [-0.1, -0.05) is 13.3 Å². The van der Waals surface area contributed by atoms with Gasteiger partial charge >= 0.3 is 17.3 Å². The van der Waals surface area contributed by atoms with Gasteiger partial charge in [0.15, 0.2) is 0 Å². The second-order valence-electron chi connectivity index (χ2n) is 10.1. The summed E-state index contributed by atoms with van der Waals surface area (Å²) >= 11 is 0. The predicted octanol–water partition coefficient (Wildman–Crippen LogP) is 3.20. The second kappa shape index (κ2) is 9.79. The Hall–Kier alpha value is -4.02. The molecule has 2 saturated carbocycles. The maximum Gasteiger partial charge on any atom is 0.335 e. The van der Waals surface area contributed by atoms with Crippen LogP contribution in [0, 0.1) is 23.1 Å². The summed E-state index contributed by atoms with van der Waals surface area (Å²) in [6, 6.07) is 9.27. The highest BCUT2D eigenvalue weighted by atomic mass is 19.1. The Morgan fingerprint density at radius 1 is 1.22 bits per heavy atom. The molecule has 0 amide bonds. The maximum atomic E-state index is 13.4. The SMILES string of the molecule is C[C@@H](Cn1c(=O)[nH]/c(=N\c2ccc(Oc3ccc(F)cn3)cc2)n(CC2CC3(CCC3)C2)c1=O)C(=O)O. The lowest BCUT2D eigenvalue weighted by atomic mass is 9.52. The van der Waals surface area contributed by atoms with Crippen molar-refractivity contribution in [1.82, 2.24) is 19.1 Å². The summed E-state index contributed by atoms with van der Waals surface area (Å²) < 4.78 is 21.0. The fraction of sp³-hybridized carbons (Fsp3) is 0.423. The summed E-state index contributed by atoms with van der Waals surface area (Å²) in [7, 11) is 0. The monoisotopic (exact) mass is 509 g/mol. The molecule has 2 aliphatic carbocycles. The van der Waals surface area contributed by atoms with Crippen molar-refractivity contribution in [3.05, 3.63) is 75.0 Å². The summed E-state index contributed by atoms with van der Waals surface area (Å²) in [5.41, 5.74) is -0.287. The highest BCUT2D eigenvalue weighted by molar-refractivity contribution is 5.69. The van der Waals surface area contributed by atoms with Crippen molar-refractivity contribution in [3.63, 3.8) is 0 Å². The van der Waals surface area contributed by atoms with Crippen LogP contribution in [-0.2, 0) is 17.9 Å². The number of halogens is 1. The number of nitrogens with one attached hydrogen (secondary N) is 1. The molecule has 0 radical (unpaired) electrons. The lowest BCUT2D eigenvalue weighted by molar-refractivity contribution is -0.141. The largest absolute Gasteiger partial charge is 0.481 e. The van der Waals surface area contributed by atoms with Crippen LogP contribution in [0.5, 0.6) is 11.6 Å². The fourth-order valence-corrected chi connectivity index (χ4v) is 5.21. The third-order valence-electron chi connectivity index (χ3n) is 7.35. The van der Waals surface area contributed by atoms with Crippen LogP contribution in [0.15, 0.2) is 57.2 Å². The molecule has 5 rings (SSSR count). The van der Waals surface area contributed by atoms with Crippen molar-refractivity contribution in [3.8, 4) is 11.6 Å². The van der Waals surface area contributed by atoms with Crippen LogP contribution in [0.2, 0.25) is 0 Å². The number of pyridine rings is 1. The van der Waals surface area contributed by atoms with Gasteiger partial charge in [-0.2, -0.15) is 0 Å². The lowest BCUT2D eigenvalue weighted by Gasteiger charge is -2.54. The number of carbonyl (C=O) groups is 1. The van der Waals surface area contributed by atoms with Gasteiger partial charge in [0, 0.05) is 19.2 Å². The van der Waals surface area contributed by atoms with E-state index in [1.165, 1.54) is 42.9 Å². The van der Waals surface area contributed by atoms with Gasteiger partial charge in [-0.15, -0.1) is 0 Å². The minimum absolute atomic E-state index is 0.109. The molecular weight excluding hydrogens is 481 g/mol. The van der Waals surface area contributed by atoms with Crippen molar-refractivity contribution in [2.24, 2.45) is 22.2 Å². The van der Waals surface area contributed by atoms with Gasteiger partial charge in [-0.3, -0.25) is 14.3 Å². The standard InChI is InChI=1S/C26H28FN5O5/c1-16(22(33)34)14-32-24(35)30-23(31(25(32)36)15-17-11-26(12-17)9-2-10-26)29-19-4-6-20(7-5-19)37-21-8-3-18(27)13-28-21/h3-8,13,16-17H,2,9-12,14-15H2,1H3,(H,33,34)(H,29,30,35)/t16-/m0/s1. The first kappa shape index (κ1) is 24.7. The topological polar surface area (TPSA) is 132 Å². The van der Waals surface area contributed by atoms with Crippen molar-refractivity contribution in [1.29, 1.82) is 0 Å². The third kappa shape index (κ3) is 5.25. The number of carboxylic acids is 1. The van der Waals surface area contributed by atoms with Crippen molar-refractivity contribution in [2.75, 3.05) is 0 Å². The van der Waals surface area contributed by atoms with Crippen LogP contribution in [0.4, 0.5) is 10.1 Å². The Morgan fingerprint density at radius 3 is 2.54 bits per heavy atom. The summed E-state index contributed by atoms with van der Waals surface area (Å²) in [6.45, 7) is 1.62. The molecule has 1 aromatic carbocycles. The first-order valence-electron chi connectivity index (χ1n) is 12.3. The van der Waals surface area contributed by atoms with Crippen LogP contribution in [0.25, 0.3) is 0 Å². The molecule has 0 unspecified atom stereocenters. The van der Waals surface area contributed by atoms with Gasteiger partial charge in [0.2, 0.25) is 11.5 Å². The Kier molecular flexibility index (Phi) is 6.53. The molecule has 0 aliphatic heterocycles. The number of rotatable bonds is 8. The van der Waals surface area contributed by atoms with Gasteiger partial charge in [0.25, 0.3) is 0 Å². The van der Waals surface area contributed by atoms with E-state index in [4.69, 9.17) is 4.74 Å². The average Bonchev–Trinajstić information content (AvgIpc) is 2.81. The Bertz CT molecular complexity index is 1480. The number of H-pyrrole nitrogens is 1. The van der Waals surface area contributed by atoms with E-state index >= 15 is 0 Å². The van der Waals surface area contributed by atoms with Crippen LogP contribution in [0.1, 0.15) is 39.0 Å². The fourth-order valence-electron chi connectivity index (χ4n) is 5.21. The maximum absolute atomic E-state index is 13.4. The normalized spacial score (nSPS) is 17.7. The highest BCUT2D eigenvalue weighted by Gasteiger charge is 2.48. The van der Waals surface area contributed by atoms with Crippen LogP contribution in [0.3, 0.4) is 0 Å². The molecule has 37 heavy (non-hydrogen) atoms. The minimum atomic E-state index is -1.09. The number of aromatic nitrogens is 4. The van der Waals surface area contributed by atoms with E-state index in [0.29, 0.717) is 29.3 Å². The molecule has 3 aromatic rings. The zero-order valence-corrected chi connectivity index (χ0v) is 20.4. The van der Waals surface area contributed by atoms with Crippen molar-refractivity contribution in [2.45, 2.75) is 52.1 Å². The van der Waals surface area contributed by atoms with E-state index in [1.807, 2.05) is 0 Å². The van der Waals surface area contributed by atoms with Gasteiger partial charge in [-0.05, 0) is 67.3 Å². The van der Waals surface area contributed by atoms with E-state index in [-0.39, 0.29) is 18.0 Å². The van der Waals surface area contributed by atoms with Crippen LogP contribution < -0.4 is 21.7 Å². The third-order valence-corrected chi connectivity index (χ3v) is 7.35. The Morgan fingerprint density at radius 2 is 1.95 bits per heavy atom. The smallest absolute Gasteiger partial charge is 0.335 e. The number of hydrogen-bond donors (Lipinski definition) is 2. The Balaban J connectivity index is 1.45. The van der Waals surface area contributed by atoms with Gasteiger partial charge < -0.3 is 9.84 Å². The van der Waals surface area contributed by atoms with Gasteiger partial charge in [0.1, 0.15) is 11.6 Å². The van der Waals surface area contributed by atoms with E-state index in [9.17, 15) is 23.9 Å². The molecule has 0 saturated heterocycles. The first-order chi connectivity index (χ1) is 17.7.